The first-order valence-corrected chi connectivity index (χ1v) is 8.45. The van der Waals surface area contributed by atoms with Gasteiger partial charge in [0.25, 0.3) is 5.91 Å². The van der Waals surface area contributed by atoms with Gasteiger partial charge in [-0.25, -0.2) is 4.79 Å². The van der Waals surface area contributed by atoms with Gasteiger partial charge in [-0.05, 0) is 45.4 Å². The molecule has 1 N–H and O–H groups in total. The SMILES string of the molecule is CCOC(=O)c1c(NC(=O)/C(C#N)=C/c2ccc(C)o2)sc(C)c1C. The van der Waals surface area contributed by atoms with Crippen molar-refractivity contribution in [3.05, 3.63) is 45.2 Å². The predicted molar refractivity (Wildman–Crippen MR) is 95.4 cm³/mol. The molecule has 0 atom stereocenters. The first kappa shape index (κ1) is 18.5. The van der Waals surface area contributed by atoms with Crippen LogP contribution in [0.15, 0.2) is 22.1 Å². The molecular weight excluding hydrogens is 340 g/mol. The molecule has 1 amide bonds. The van der Waals surface area contributed by atoms with Gasteiger partial charge in [0.2, 0.25) is 0 Å². The van der Waals surface area contributed by atoms with E-state index < -0.39 is 11.9 Å². The minimum atomic E-state index is -0.608. The van der Waals surface area contributed by atoms with Gasteiger partial charge in [0.15, 0.2) is 0 Å². The van der Waals surface area contributed by atoms with Crippen molar-refractivity contribution in [1.82, 2.24) is 0 Å². The van der Waals surface area contributed by atoms with E-state index in [1.54, 1.807) is 32.9 Å². The molecule has 0 fully saturated rings. The summed E-state index contributed by atoms with van der Waals surface area (Å²) in [7, 11) is 0. The maximum absolute atomic E-state index is 12.4. The second-order valence-corrected chi connectivity index (χ2v) is 6.50. The molecule has 0 saturated heterocycles. The molecule has 6 nitrogen and oxygen atoms in total. The highest BCUT2D eigenvalue weighted by Crippen LogP contribution is 2.33. The first-order valence-electron chi connectivity index (χ1n) is 7.64. The van der Waals surface area contributed by atoms with Crippen LogP contribution < -0.4 is 5.32 Å². The van der Waals surface area contributed by atoms with Crippen molar-refractivity contribution in [3.63, 3.8) is 0 Å². The van der Waals surface area contributed by atoms with Crippen LogP contribution >= 0.6 is 11.3 Å². The molecule has 130 valence electrons. The summed E-state index contributed by atoms with van der Waals surface area (Å²) in [5, 5.41) is 12.3. The van der Waals surface area contributed by atoms with Crippen LogP contribution in [0.4, 0.5) is 5.00 Å². The molecule has 0 spiro atoms. The molecule has 0 radical (unpaired) electrons. The standard InChI is InChI=1S/C18H18N2O4S/c1-5-23-18(22)15-11(3)12(4)25-17(15)20-16(21)13(9-19)8-14-7-6-10(2)24-14/h6-8H,5H2,1-4H3,(H,20,21)/b13-8+. The van der Waals surface area contributed by atoms with E-state index in [9.17, 15) is 14.9 Å². The fourth-order valence-corrected chi connectivity index (χ4v) is 3.20. The lowest BCUT2D eigenvalue weighted by Crippen LogP contribution is -2.16. The number of carbonyl (C=O) groups is 2. The van der Waals surface area contributed by atoms with Crippen molar-refractivity contribution in [2.45, 2.75) is 27.7 Å². The maximum Gasteiger partial charge on any atom is 0.341 e. The van der Waals surface area contributed by atoms with E-state index in [2.05, 4.69) is 5.32 Å². The van der Waals surface area contributed by atoms with Crippen molar-refractivity contribution in [3.8, 4) is 6.07 Å². The Bertz CT molecular complexity index is 884. The van der Waals surface area contributed by atoms with Crippen LogP contribution in [0.1, 0.15) is 39.2 Å². The third kappa shape index (κ3) is 4.17. The molecule has 0 aliphatic carbocycles. The second kappa shape index (κ2) is 7.81. The zero-order valence-electron chi connectivity index (χ0n) is 14.4. The molecule has 0 bridgehead atoms. The molecule has 0 aliphatic heterocycles. The quantitative estimate of drug-likeness (QED) is 0.496. The Balaban J connectivity index is 2.31. The van der Waals surface area contributed by atoms with Crippen LogP contribution in [0.25, 0.3) is 6.08 Å². The number of carbonyl (C=O) groups excluding carboxylic acids is 2. The number of aryl methyl sites for hydroxylation is 2. The zero-order chi connectivity index (χ0) is 18.6. The lowest BCUT2D eigenvalue weighted by molar-refractivity contribution is -0.112. The van der Waals surface area contributed by atoms with Gasteiger partial charge in [0.1, 0.15) is 28.2 Å². The van der Waals surface area contributed by atoms with Gasteiger partial charge < -0.3 is 14.5 Å². The van der Waals surface area contributed by atoms with E-state index >= 15 is 0 Å². The highest BCUT2D eigenvalue weighted by atomic mass is 32.1. The lowest BCUT2D eigenvalue weighted by atomic mass is 10.1. The Morgan fingerprint density at radius 1 is 1.36 bits per heavy atom. The predicted octanol–water partition coefficient (Wildman–Crippen LogP) is 3.99. The summed E-state index contributed by atoms with van der Waals surface area (Å²) in [6.07, 6.45) is 1.36. The van der Waals surface area contributed by atoms with Gasteiger partial charge in [-0.15, -0.1) is 11.3 Å². The Morgan fingerprint density at radius 2 is 2.08 bits per heavy atom. The number of esters is 1. The Labute approximate surface area is 149 Å². The van der Waals surface area contributed by atoms with Crippen LogP contribution in [0.5, 0.6) is 0 Å². The lowest BCUT2D eigenvalue weighted by Gasteiger charge is -2.06. The average Bonchev–Trinajstić information content (AvgIpc) is 3.08. The highest BCUT2D eigenvalue weighted by molar-refractivity contribution is 7.16. The first-order chi connectivity index (χ1) is 11.9. The smallest absolute Gasteiger partial charge is 0.341 e. The molecule has 2 heterocycles. The third-order valence-electron chi connectivity index (χ3n) is 3.50. The summed E-state index contributed by atoms with van der Waals surface area (Å²) < 4.78 is 10.4. The number of hydrogen-bond donors (Lipinski definition) is 1. The van der Waals surface area contributed by atoms with Crippen LogP contribution in [-0.4, -0.2) is 18.5 Å². The van der Waals surface area contributed by atoms with E-state index in [1.165, 1.54) is 17.4 Å². The molecule has 7 heteroatoms. The Kier molecular flexibility index (Phi) is 5.78. The molecule has 2 rings (SSSR count). The number of nitriles is 1. The summed E-state index contributed by atoms with van der Waals surface area (Å²) in [5.41, 5.74) is 0.958. The summed E-state index contributed by atoms with van der Waals surface area (Å²) in [5.74, 6) is -0.0152. The number of ether oxygens (including phenoxy) is 1. The number of amides is 1. The third-order valence-corrected chi connectivity index (χ3v) is 4.63. The number of furan rings is 1. The normalized spacial score (nSPS) is 11.1. The Morgan fingerprint density at radius 3 is 2.64 bits per heavy atom. The number of rotatable bonds is 5. The molecule has 0 aromatic carbocycles. The molecule has 0 unspecified atom stereocenters. The van der Waals surface area contributed by atoms with Gasteiger partial charge in [-0.1, -0.05) is 0 Å². The molecule has 2 aromatic heterocycles. The Hall–Kier alpha value is -2.85. The van der Waals surface area contributed by atoms with Gasteiger partial charge in [0, 0.05) is 11.0 Å². The molecule has 2 aromatic rings. The van der Waals surface area contributed by atoms with Crippen molar-refractivity contribution < 1.29 is 18.7 Å². The largest absolute Gasteiger partial charge is 0.462 e. The fraction of sp³-hybridized carbons (Fsp3) is 0.278. The highest BCUT2D eigenvalue weighted by Gasteiger charge is 2.23. The molecule has 0 saturated carbocycles. The monoisotopic (exact) mass is 358 g/mol. The zero-order valence-corrected chi connectivity index (χ0v) is 15.2. The van der Waals surface area contributed by atoms with Crippen LogP contribution in [0.2, 0.25) is 0 Å². The fourth-order valence-electron chi connectivity index (χ4n) is 2.16. The van der Waals surface area contributed by atoms with Gasteiger partial charge in [0.05, 0.1) is 12.2 Å². The van der Waals surface area contributed by atoms with Crippen LogP contribution in [0.3, 0.4) is 0 Å². The minimum absolute atomic E-state index is 0.118. The van der Waals surface area contributed by atoms with Crippen molar-refractivity contribution >= 4 is 34.3 Å². The summed E-state index contributed by atoms with van der Waals surface area (Å²) in [6.45, 7) is 7.37. The maximum atomic E-state index is 12.4. The molecule has 25 heavy (non-hydrogen) atoms. The summed E-state index contributed by atoms with van der Waals surface area (Å²) in [4.78, 5) is 25.5. The molecule has 0 aliphatic rings. The summed E-state index contributed by atoms with van der Waals surface area (Å²) in [6, 6.07) is 5.26. The van der Waals surface area contributed by atoms with E-state index in [0.717, 1.165) is 10.4 Å². The average molecular weight is 358 g/mol. The summed E-state index contributed by atoms with van der Waals surface area (Å²) >= 11 is 1.27. The molecular formula is C18H18N2O4S. The number of anilines is 1. The van der Waals surface area contributed by atoms with Crippen molar-refractivity contribution in [2.24, 2.45) is 0 Å². The van der Waals surface area contributed by atoms with E-state index in [4.69, 9.17) is 9.15 Å². The van der Waals surface area contributed by atoms with Crippen LogP contribution in [-0.2, 0) is 9.53 Å². The van der Waals surface area contributed by atoms with E-state index in [1.807, 2.05) is 13.0 Å². The van der Waals surface area contributed by atoms with Gasteiger partial charge >= 0.3 is 5.97 Å². The number of nitrogens with one attached hydrogen (secondary N) is 1. The number of hydrogen-bond acceptors (Lipinski definition) is 6. The second-order valence-electron chi connectivity index (χ2n) is 5.28. The van der Waals surface area contributed by atoms with Crippen molar-refractivity contribution in [1.29, 1.82) is 5.26 Å². The topological polar surface area (TPSA) is 92.3 Å². The van der Waals surface area contributed by atoms with E-state index in [0.29, 0.717) is 22.1 Å². The van der Waals surface area contributed by atoms with Gasteiger partial charge in [-0.3, -0.25) is 4.79 Å². The van der Waals surface area contributed by atoms with Crippen LogP contribution in [0, 0.1) is 32.1 Å². The van der Waals surface area contributed by atoms with Gasteiger partial charge in [-0.2, -0.15) is 5.26 Å². The van der Waals surface area contributed by atoms with Crippen molar-refractivity contribution in [2.75, 3.05) is 11.9 Å². The number of nitrogens with zero attached hydrogens (tertiary/aromatic N) is 1. The number of thiophene rings is 1. The minimum Gasteiger partial charge on any atom is -0.462 e. The van der Waals surface area contributed by atoms with E-state index in [-0.39, 0.29) is 12.2 Å².